The molecule has 8 atom stereocenters. The Morgan fingerprint density at radius 1 is 1.02 bits per heavy atom. The van der Waals surface area contributed by atoms with Crippen molar-refractivity contribution in [1.82, 2.24) is 14.2 Å². The molecule has 0 radical (unpaired) electrons. The third-order valence-corrected chi connectivity index (χ3v) is 13.3. The van der Waals surface area contributed by atoms with Gasteiger partial charge in [0, 0.05) is 67.5 Å². The van der Waals surface area contributed by atoms with Crippen LogP contribution in [0.15, 0.2) is 97.3 Å². The summed E-state index contributed by atoms with van der Waals surface area (Å²) in [5, 5.41) is 38.0. The Balaban J connectivity index is 0.894. The van der Waals surface area contributed by atoms with Crippen molar-refractivity contribution in [3.63, 3.8) is 0 Å². The first-order valence-electron chi connectivity index (χ1n) is 21.7. The lowest BCUT2D eigenvalue weighted by Gasteiger charge is -2.25. The highest BCUT2D eigenvalue weighted by molar-refractivity contribution is 7.76. The van der Waals surface area contributed by atoms with Gasteiger partial charge in [-0.1, -0.05) is 72.8 Å². The number of nitrogens with zero attached hydrogens (tertiary/aromatic N) is 3. The minimum absolute atomic E-state index is 0.0769. The van der Waals surface area contributed by atoms with E-state index in [0.717, 1.165) is 54.7 Å². The number of anilines is 1. The van der Waals surface area contributed by atoms with Gasteiger partial charge in [0.2, 0.25) is 11.3 Å². The predicted molar refractivity (Wildman–Crippen MR) is 238 cm³/mol. The number of rotatable bonds is 22. The Labute approximate surface area is 358 Å². The van der Waals surface area contributed by atoms with Crippen LogP contribution in [-0.2, 0) is 40.2 Å². The van der Waals surface area contributed by atoms with Gasteiger partial charge in [0.05, 0.1) is 18.3 Å². The minimum Gasteiger partial charge on any atom is -0.446 e. The minimum atomic E-state index is -2.33. The van der Waals surface area contributed by atoms with Gasteiger partial charge in [-0.3, -0.25) is 19.2 Å². The first-order chi connectivity index (χ1) is 29.0. The van der Waals surface area contributed by atoms with Gasteiger partial charge in [-0.25, -0.2) is 4.21 Å². The second kappa shape index (κ2) is 22.7. The van der Waals surface area contributed by atoms with Crippen molar-refractivity contribution in [3.05, 3.63) is 120 Å². The van der Waals surface area contributed by atoms with Crippen LogP contribution in [0.4, 0.5) is 5.69 Å². The number of fused-ring (bicyclic) bond motifs is 1. The van der Waals surface area contributed by atoms with Crippen molar-refractivity contribution in [3.8, 4) is 0 Å². The van der Waals surface area contributed by atoms with Crippen molar-refractivity contribution >= 4 is 33.7 Å². The summed E-state index contributed by atoms with van der Waals surface area (Å²) in [5.74, 6) is -0.590. The van der Waals surface area contributed by atoms with Gasteiger partial charge in [-0.05, 0) is 124 Å². The Kier molecular flexibility index (Phi) is 17.2. The number of unbranched alkanes of at least 4 members (excludes halogenated alkanes) is 1. The maximum absolute atomic E-state index is 12.8. The molecule has 0 bridgehead atoms. The average molecular weight is 841 g/mol. The fourth-order valence-corrected chi connectivity index (χ4v) is 9.53. The number of benzene rings is 3. The van der Waals surface area contributed by atoms with E-state index in [-0.39, 0.29) is 24.8 Å². The van der Waals surface area contributed by atoms with E-state index >= 15 is 0 Å². The normalized spacial score (nSPS) is 22.4. The summed E-state index contributed by atoms with van der Waals surface area (Å²) in [6.45, 7) is 6.66. The Bertz CT molecular complexity index is 2010. The average Bonchev–Trinajstić information content (AvgIpc) is 3.79. The fraction of sp³-hybridized carbons (Fsp3) is 0.500. The van der Waals surface area contributed by atoms with Gasteiger partial charge >= 0.3 is 5.97 Å². The van der Waals surface area contributed by atoms with Crippen LogP contribution in [0, 0.1) is 18.8 Å². The molecule has 6 rings (SSSR count). The summed E-state index contributed by atoms with van der Waals surface area (Å²) in [6, 6.07) is 25.2. The molecule has 2 aliphatic rings. The lowest BCUT2D eigenvalue weighted by molar-refractivity contribution is -0.153. The molecular formula is C48H64N4O7S. The summed E-state index contributed by atoms with van der Waals surface area (Å²) in [5.41, 5.74) is 5.71. The van der Waals surface area contributed by atoms with Crippen LogP contribution in [0.5, 0.6) is 0 Å². The molecule has 1 aliphatic heterocycles. The van der Waals surface area contributed by atoms with Crippen LogP contribution in [0.2, 0.25) is 0 Å². The van der Waals surface area contributed by atoms with E-state index in [2.05, 4.69) is 69.8 Å². The second-order valence-electron chi connectivity index (χ2n) is 16.8. The number of esters is 1. The summed E-state index contributed by atoms with van der Waals surface area (Å²) in [7, 11) is 0. The number of nitrogens with one attached hydrogen (secondary N) is 1. The van der Waals surface area contributed by atoms with Crippen molar-refractivity contribution in [2.24, 2.45) is 11.8 Å². The van der Waals surface area contributed by atoms with Crippen LogP contribution < -0.4 is 5.32 Å². The van der Waals surface area contributed by atoms with Crippen LogP contribution in [-0.4, -0.2) is 94.5 Å². The van der Waals surface area contributed by atoms with E-state index in [1.165, 1.54) is 20.8 Å². The zero-order valence-electron chi connectivity index (χ0n) is 35.1. The van der Waals surface area contributed by atoms with Crippen LogP contribution in [0.25, 0.3) is 10.8 Å². The van der Waals surface area contributed by atoms with E-state index in [9.17, 15) is 28.9 Å². The molecule has 2 heterocycles. The number of aromatic nitrogens is 1. The maximum atomic E-state index is 12.8. The van der Waals surface area contributed by atoms with Crippen molar-refractivity contribution in [1.29, 1.82) is 0 Å². The van der Waals surface area contributed by atoms with Crippen LogP contribution >= 0.6 is 0 Å². The number of carbonyl (C=O) groups excluding carboxylic acids is 1. The van der Waals surface area contributed by atoms with Gasteiger partial charge in [0.25, 0.3) is 0 Å². The molecule has 1 saturated heterocycles. The van der Waals surface area contributed by atoms with Crippen molar-refractivity contribution in [2.45, 2.75) is 122 Å². The highest BCUT2D eigenvalue weighted by Crippen LogP contribution is 2.38. The van der Waals surface area contributed by atoms with Gasteiger partial charge in [-0.2, -0.15) is 4.31 Å². The van der Waals surface area contributed by atoms with Gasteiger partial charge in [0.1, 0.15) is 0 Å². The highest BCUT2D eigenvalue weighted by atomic mass is 32.2. The Morgan fingerprint density at radius 3 is 2.65 bits per heavy atom. The smallest absolute Gasteiger partial charge is 0.307 e. The number of hydrogen-bond acceptors (Lipinski definition) is 9. The van der Waals surface area contributed by atoms with Crippen LogP contribution in [0.3, 0.4) is 0 Å². The summed E-state index contributed by atoms with van der Waals surface area (Å²) in [6.07, 6.45) is 11.8. The fourth-order valence-electron chi connectivity index (χ4n) is 8.99. The first-order valence-corrected chi connectivity index (χ1v) is 22.8. The Morgan fingerprint density at radius 2 is 1.83 bits per heavy atom. The highest BCUT2D eigenvalue weighted by Gasteiger charge is 2.40. The molecule has 4 aromatic rings. The molecule has 2 unspecified atom stereocenters. The van der Waals surface area contributed by atoms with Crippen molar-refractivity contribution < 1.29 is 33.6 Å². The summed E-state index contributed by atoms with van der Waals surface area (Å²) in [4.78, 5) is 19.5. The summed E-state index contributed by atoms with van der Waals surface area (Å²) >= 11 is -2.33. The Hall–Kier alpha value is -4.01. The lowest BCUT2D eigenvalue weighted by Crippen LogP contribution is -2.39. The van der Waals surface area contributed by atoms with E-state index in [1.807, 2.05) is 49.7 Å². The predicted octanol–water partition coefficient (Wildman–Crippen LogP) is 7.35. The third-order valence-electron chi connectivity index (χ3n) is 12.4. The summed E-state index contributed by atoms with van der Waals surface area (Å²) < 4.78 is 29.5. The molecule has 2 fully saturated rings. The molecule has 60 heavy (non-hydrogen) atoms. The molecule has 12 heteroatoms. The number of aliphatic hydroxyl groups excluding tert-OH is 3. The molecule has 5 N–H and O–H groups in total. The number of hydrogen-bond donors (Lipinski definition) is 5. The van der Waals surface area contributed by atoms with Gasteiger partial charge < -0.3 is 25.4 Å². The molecule has 324 valence electrons. The maximum Gasteiger partial charge on any atom is 0.307 e. The topological polar surface area (TPSA) is 156 Å². The monoisotopic (exact) mass is 840 g/mol. The zero-order valence-corrected chi connectivity index (χ0v) is 36.0. The van der Waals surface area contributed by atoms with Gasteiger partial charge in [0.15, 0.2) is 6.23 Å². The van der Waals surface area contributed by atoms with Crippen LogP contribution in [0.1, 0.15) is 87.0 Å². The third kappa shape index (κ3) is 13.2. The molecule has 11 nitrogen and oxygen atoms in total. The zero-order chi connectivity index (χ0) is 42.4. The number of ether oxygens (including phenoxy) is 1. The molecule has 0 amide bonds. The quantitative estimate of drug-likeness (QED) is 0.0178. The molecule has 1 saturated carbocycles. The molecule has 0 spiro atoms. The lowest BCUT2D eigenvalue weighted by atomic mass is 9.85. The number of carbonyl (C=O) groups is 1. The van der Waals surface area contributed by atoms with E-state index in [1.54, 1.807) is 6.92 Å². The molecule has 1 aromatic heterocycles. The van der Waals surface area contributed by atoms with E-state index < -0.39 is 41.8 Å². The standard InChI is InChI=1S/C48H64N4O7S/c1-34-17-18-37(32-51-27-25-40(33-51)50-45-15-10-13-39-31-49-26-23-42(39)45)29-38(34)24-28-52(60(57)58)35(2)59-48(56)16-9-4-3-8-14-43-44(47(55)30-46(43)54)22-21-41(53)20-19-36-11-6-5-7-12-36/h3,5-8,10-13,15,17-18,23,26,29,31,35,40-41,43-44,46-47,50,53-55H,4,9,14,16,19-22,24-25,27-28,30,32-33H2,1-2H3,(H,57,58)/b8-3-/t35?,40-,41+,43-,44-,46+,47-/m1/s1. The number of pyridine rings is 1. The largest absolute Gasteiger partial charge is 0.446 e. The van der Waals surface area contributed by atoms with E-state index in [0.29, 0.717) is 57.4 Å². The van der Waals surface area contributed by atoms with Crippen molar-refractivity contribution in [2.75, 3.05) is 25.0 Å². The molecular weight excluding hydrogens is 777 g/mol. The number of aryl methyl sites for hydroxylation is 2. The second-order valence-corrected chi connectivity index (χ2v) is 17.7. The van der Waals surface area contributed by atoms with Gasteiger partial charge in [-0.15, -0.1) is 0 Å². The molecule has 3 aromatic carbocycles. The number of likely N-dealkylation sites (tertiary alicyclic amines) is 1. The molecule has 1 aliphatic carbocycles. The SMILES string of the molecule is Cc1ccc(CN2CC[C@@H](Nc3cccc4cnccc34)C2)cc1CCN(C(C)OC(=O)CCC/C=C\C[C@@H]1[C@@H](CC[C@@H](O)CCc2ccccc2)[C@H](O)C[C@@H]1O)S(=O)O. The van der Waals surface area contributed by atoms with E-state index in [4.69, 9.17) is 4.74 Å². The number of aliphatic hydroxyl groups is 3. The number of allylic oxidation sites excluding steroid dienone is 2. The first kappa shape index (κ1) is 45.5.